The summed E-state index contributed by atoms with van der Waals surface area (Å²) in [6.45, 7) is 2.07. The highest BCUT2D eigenvalue weighted by Crippen LogP contribution is 2.31. The van der Waals surface area contributed by atoms with Crippen molar-refractivity contribution < 1.29 is 18.3 Å². The molecule has 112 valence electrons. The van der Waals surface area contributed by atoms with Gasteiger partial charge in [0.25, 0.3) is 10.0 Å². The molecule has 5 nitrogen and oxygen atoms in total. The Morgan fingerprint density at radius 3 is 2.38 bits per heavy atom. The van der Waals surface area contributed by atoms with Gasteiger partial charge in [0.1, 0.15) is 0 Å². The molecule has 0 spiro atoms. The van der Waals surface area contributed by atoms with Gasteiger partial charge in [0.2, 0.25) is 0 Å². The number of phenols is 1. The summed E-state index contributed by atoms with van der Waals surface area (Å²) in [4.78, 5) is 0.0721. The van der Waals surface area contributed by atoms with Crippen LogP contribution in [-0.2, 0) is 10.0 Å². The van der Waals surface area contributed by atoms with E-state index in [4.69, 9.17) is 4.74 Å². The number of methoxy groups -OCH3 is 1. The molecule has 0 fully saturated rings. The zero-order valence-electron chi connectivity index (χ0n) is 11.9. The van der Waals surface area contributed by atoms with Crippen molar-refractivity contribution in [2.45, 2.75) is 11.8 Å². The maximum absolute atomic E-state index is 12.7. The summed E-state index contributed by atoms with van der Waals surface area (Å²) in [5, 5.41) is 9.58. The molecule has 6 heteroatoms. The van der Waals surface area contributed by atoms with E-state index in [1.165, 1.54) is 29.6 Å². The van der Waals surface area contributed by atoms with Crippen molar-refractivity contribution in [3.63, 3.8) is 0 Å². The molecule has 0 aliphatic carbocycles. The van der Waals surface area contributed by atoms with Crippen LogP contribution in [0.25, 0.3) is 0 Å². The van der Waals surface area contributed by atoms with E-state index in [1.54, 1.807) is 31.2 Å². The Balaban J connectivity index is 2.50. The van der Waals surface area contributed by atoms with E-state index in [0.717, 1.165) is 0 Å². The van der Waals surface area contributed by atoms with Gasteiger partial charge in [-0.05, 0) is 31.2 Å². The van der Waals surface area contributed by atoms with Crippen LogP contribution in [0.2, 0.25) is 0 Å². The van der Waals surface area contributed by atoms with Crippen LogP contribution in [0.3, 0.4) is 0 Å². The Kier molecular flexibility index (Phi) is 4.37. The van der Waals surface area contributed by atoms with E-state index < -0.39 is 10.0 Å². The Morgan fingerprint density at radius 1 is 1.14 bits per heavy atom. The van der Waals surface area contributed by atoms with Crippen LogP contribution in [0.15, 0.2) is 53.4 Å². The third-order valence-corrected chi connectivity index (χ3v) is 4.97. The number of ether oxygens (including phenoxy) is 1. The fraction of sp³-hybridized carbons (Fsp3) is 0.200. The molecule has 2 aromatic rings. The molecule has 0 aliphatic heterocycles. The summed E-state index contributed by atoms with van der Waals surface area (Å²) in [6, 6.07) is 12.8. The van der Waals surface area contributed by atoms with Crippen molar-refractivity contribution in [1.29, 1.82) is 0 Å². The van der Waals surface area contributed by atoms with E-state index in [0.29, 0.717) is 12.2 Å². The van der Waals surface area contributed by atoms with Gasteiger partial charge in [-0.25, -0.2) is 8.42 Å². The first-order chi connectivity index (χ1) is 10.0. The Bertz CT molecular complexity index is 714. The summed E-state index contributed by atoms with van der Waals surface area (Å²) >= 11 is 0. The fourth-order valence-corrected chi connectivity index (χ4v) is 3.52. The van der Waals surface area contributed by atoms with Crippen LogP contribution >= 0.6 is 0 Å². The van der Waals surface area contributed by atoms with Gasteiger partial charge in [-0.15, -0.1) is 0 Å². The number of para-hydroxylation sites is 1. The second-order valence-electron chi connectivity index (χ2n) is 4.34. The van der Waals surface area contributed by atoms with Crippen LogP contribution < -0.4 is 9.04 Å². The van der Waals surface area contributed by atoms with Gasteiger partial charge in [0.15, 0.2) is 11.5 Å². The molecule has 0 radical (unpaired) electrons. The Morgan fingerprint density at radius 2 is 1.81 bits per heavy atom. The normalized spacial score (nSPS) is 11.1. The average Bonchev–Trinajstić information content (AvgIpc) is 2.49. The number of hydrogen-bond acceptors (Lipinski definition) is 4. The lowest BCUT2D eigenvalue weighted by Gasteiger charge is -2.23. The molecule has 2 rings (SSSR count). The second-order valence-corrected chi connectivity index (χ2v) is 6.20. The van der Waals surface area contributed by atoms with Crippen molar-refractivity contribution in [3.05, 3.63) is 48.5 Å². The first-order valence-electron chi connectivity index (χ1n) is 6.45. The average molecular weight is 307 g/mol. The van der Waals surface area contributed by atoms with Crippen LogP contribution in [0.5, 0.6) is 11.5 Å². The predicted octanol–water partition coefficient (Wildman–Crippen LogP) is 2.62. The quantitative estimate of drug-likeness (QED) is 0.922. The van der Waals surface area contributed by atoms with Gasteiger partial charge in [-0.1, -0.05) is 18.2 Å². The number of hydrogen-bond donors (Lipinski definition) is 1. The number of anilines is 1. The van der Waals surface area contributed by atoms with E-state index >= 15 is 0 Å². The van der Waals surface area contributed by atoms with Crippen molar-refractivity contribution in [3.8, 4) is 11.5 Å². The van der Waals surface area contributed by atoms with Crippen LogP contribution in [0.1, 0.15) is 6.92 Å². The molecule has 2 aromatic carbocycles. The summed E-state index contributed by atoms with van der Waals surface area (Å²) in [7, 11) is -2.34. The molecule has 0 amide bonds. The lowest BCUT2D eigenvalue weighted by atomic mass is 10.3. The molecule has 0 heterocycles. The van der Waals surface area contributed by atoms with Gasteiger partial charge in [0, 0.05) is 12.6 Å². The molecule has 21 heavy (non-hydrogen) atoms. The van der Waals surface area contributed by atoms with E-state index in [2.05, 4.69) is 0 Å². The summed E-state index contributed by atoms with van der Waals surface area (Å²) < 4.78 is 31.7. The minimum Gasteiger partial charge on any atom is -0.504 e. The Hall–Kier alpha value is -2.21. The third-order valence-electron chi connectivity index (χ3n) is 3.07. The molecule has 0 aromatic heterocycles. The molecular weight excluding hydrogens is 290 g/mol. The maximum Gasteiger partial charge on any atom is 0.264 e. The zero-order chi connectivity index (χ0) is 15.5. The number of rotatable bonds is 5. The fourth-order valence-electron chi connectivity index (χ4n) is 2.03. The van der Waals surface area contributed by atoms with Crippen LogP contribution in [0, 0.1) is 0 Å². The monoisotopic (exact) mass is 307 g/mol. The van der Waals surface area contributed by atoms with E-state index in [-0.39, 0.29) is 16.4 Å². The molecule has 0 bridgehead atoms. The lowest BCUT2D eigenvalue weighted by Crippen LogP contribution is -2.30. The molecular formula is C15H17NO4S. The van der Waals surface area contributed by atoms with Crippen molar-refractivity contribution in [1.82, 2.24) is 0 Å². The smallest absolute Gasteiger partial charge is 0.264 e. The number of nitrogens with zero attached hydrogens (tertiary/aromatic N) is 1. The number of sulfonamides is 1. The highest BCUT2D eigenvalue weighted by atomic mass is 32.2. The largest absolute Gasteiger partial charge is 0.504 e. The maximum atomic E-state index is 12.7. The standard InChI is InChI=1S/C15H17NO4S/c1-3-16(12-7-5-4-6-8-12)21(18,19)13-9-10-14(17)15(11-13)20-2/h4-11,17H,3H2,1-2H3. The molecule has 0 aliphatic rings. The minimum atomic E-state index is -3.71. The predicted molar refractivity (Wildman–Crippen MR) is 81.3 cm³/mol. The molecule has 0 unspecified atom stereocenters. The van der Waals surface area contributed by atoms with Crippen molar-refractivity contribution in [2.24, 2.45) is 0 Å². The first-order valence-corrected chi connectivity index (χ1v) is 7.89. The van der Waals surface area contributed by atoms with Gasteiger partial charge in [0.05, 0.1) is 17.7 Å². The highest BCUT2D eigenvalue weighted by Gasteiger charge is 2.24. The van der Waals surface area contributed by atoms with Gasteiger partial charge in [-0.3, -0.25) is 4.31 Å². The van der Waals surface area contributed by atoms with Gasteiger partial charge < -0.3 is 9.84 Å². The number of phenolic OH excluding ortho intramolecular Hbond substituents is 1. The summed E-state index contributed by atoms with van der Waals surface area (Å²) in [6.07, 6.45) is 0. The Labute approximate surface area is 124 Å². The lowest BCUT2D eigenvalue weighted by molar-refractivity contribution is 0.372. The van der Waals surface area contributed by atoms with Crippen LogP contribution in [-0.4, -0.2) is 27.2 Å². The van der Waals surface area contributed by atoms with Crippen molar-refractivity contribution in [2.75, 3.05) is 18.0 Å². The topological polar surface area (TPSA) is 66.8 Å². The van der Waals surface area contributed by atoms with Crippen LogP contribution in [0.4, 0.5) is 5.69 Å². The third kappa shape index (κ3) is 2.95. The number of benzene rings is 2. The second kappa shape index (κ2) is 6.05. The van der Waals surface area contributed by atoms with E-state index in [9.17, 15) is 13.5 Å². The molecule has 0 atom stereocenters. The molecule has 0 saturated carbocycles. The first kappa shape index (κ1) is 15.2. The molecule has 0 saturated heterocycles. The minimum absolute atomic E-state index is 0.0721. The summed E-state index contributed by atoms with van der Waals surface area (Å²) in [5.74, 6) is 0.0272. The van der Waals surface area contributed by atoms with Gasteiger partial charge >= 0.3 is 0 Å². The van der Waals surface area contributed by atoms with Gasteiger partial charge in [-0.2, -0.15) is 0 Å². The molecule has 1 N–H and O–H groups in total. The zero-order valence-corrected chi connectivity index (χ0v) is 12.7. The summed E-state index contributed by atoms with van der Waals surface area (Å²) in [5.41, 5.74) is 0.590. The SMILES string of the molecule is CCN(c1ccccc1)S(=O)(=O)c1ccc(O)c(OC)c1. The van der Waals surface area contributed by atoms with E-state index in [1.807, 2.05) is 6.07 Å². The highest BCUT2D eigenvalue weighted by molar-refractivity contribution is 7.92. The number of aromatic hydroxyl groups is 1. The van der Waals surface area contributed by atoms with Crippen molar-refractivity contribution >= 4 is 15.7 Å².